The van der Waals surface area contributed by atoms with Gasteiger partial charge in [0.2, 0.25) is 11.1 Å². The zero-order valence-electron chi connectivity index (χ0n) is 11.3. The number of halogens is 1. The molecule has 0 spiro atoms. The molecule has 0 saturated heterocycles. The summed E-state index contributed by atoms with van der Waals surface area (Å²) in [6, 6.07) is -0.439. The van der Waals surface area contributed by atoms with Gasteiger partial charge in [-0.15, -0.1) is 0 Å². The zero-order chi connectivity index (χ0) is 15.3. The Morgan fingerprint density at radius 2 is 1.89 bits per heavy atom. The lowest BCUT2D eigenvalue weighted by Gasteiger charge is -2.28. The summed E-state index contributed by atoms with van der Waals surface area (Å²) in [6.07, 6.45) is 0.593. The smallest absolute Gasteiger partial charge is 0.264 e. The topological polar surface area (TPSA) is 101 Å². The van der Waals surface area contributed by atoms with E-state index < -0.39 is 32.6 Å². The first-order valence-electron chi connectivity index (χ1n) is 5.82. The van der Waals surface area contributed by atoms with Crippen molar-refractivity contribution in [3.63, 3.8) is 0 Å². The van der Waals surface area contributed by atoms with Crippen LogP contribution in [0.3, 0.4) is 0 Å². The number of rotatable bonds is 8. The van der Waals surface area contributed by atoms with Crippen molar-refractivity contribution in [1.29, 1.82) is 0 Å². The number of hydrogen-bond acceptors (Lipinski definition) is 4. The predicted molar refractivity (Wildman–Crippen MR) is 72.5 cm³/mol. The fourth-order valence-corrected chi connectivity index (χ4v) is 2.86. The van der Waals surface area contributed by atoms with Crippen LogP contribution in [-0.4, -0.2) is 35.9 Å². The van der Waals surface area contributed by atoms with E-state index in [2.05, 4.69) is 5.32 Å². The second kappa shape index (κ2) is 7.21. The lowest BCUT2D eigenvalue weighted by Crippen LogP contribution is -2.38. The van der Waals surface area contributed by atoms with Crippen LogP contribution in [0.2, 0.25) is 0 Å². The van der Waals surface area contributed by atoms with Gasteiger partial charge in [0, 0.05) is 19.4 Å². The molecule has 0 radical (unpaired) electrons. The first kappa shape index (κ1) is 18.3. The summed E-state index contributed by atoms with van der Waals surface area (Å²) in [5.74, 6) is -0.739. The first-order valence-corrected chi connectivity index (χ1v) is 7.80. The third-order valence-electron chi connectivity index (χ3n) is 2.55. The highest BCUT2D eigenvalue weighted by Gasteiger charge is 2.27. The Labute approximate surface area is 118 Å². The summed E-state index contributed by atoms with van der Waals surface area (Å²) in [4.78, 5) is 22.0. The van der Waals surface area contributed by atoms with Crippen molar-refractivity contribution in [2.24, 2.45) is 5.41 Å². The number of nitrogens with one attached hydrogen (secondary N) is 1. The highest BCUT2D eigenvalue weighted by molar-refractivity contribution is 7.85. The van der Waals surface area contributed by atoms with Crippen molar-refractivity contribution < 1.29 is 22.6 Å². The largest absolute Gasteiger partial charge is 0.354 e. The van der Waals surface area contributed by atoms with Gasteiger partial charge in [-0.25, -0.2) is 0 Å². The number of hydrogen-bond donors (Lipinski definition) is 2. The summed E-state index contributed by atoms with van der Waals surface area (Å²) in [5.41, 5.74) is -0.467. The molecule has 1 atom stereocenters. The fourth-order valence-electron chi connectivity index (χ4n) is 1.92. The van der Waals surface area contributed by atoms with Gasteiger partial charge in [-0.2, -0.15) is 8.42 Å². The average Bonchev–Trinajstić information content (AvgIpc) is 2.08. The van der Waals surface area contributed by atoms with Gasteiger partial charge in [0.15, 0.2) is 0 Å². The lowest BCUT2D eigenvalue weighted by atomic mass is 9.82. The summed E-state index contributed by atoms with van der Waals surface area (Å²) in [5, 5.41) is 2.13. The van der Waals surface area contributed by atoms with Crippen molar-refractivity contribution in [3.8, 4) is 0 Å². The standard InChI is InChI=1S/C11H20ClNO5S/c1-8(14)13-9(4-5-19(16,17)18)6-11(2,3)7-10(12)15/h9H,4-7H2,1-3H3,(H,13,14)(H,16,17,18). The SMILES string of the molecule is CC(=O)NC(CCS(=O)(=O)O)CC(C)(C)CC(=O)Cl. The quantitative estimate of drug-likeness (QED) is 0.520. The van der Waals surface area contributed by atoms with Crippen LogP contribution >= 0.6 is 11.6 Å². The van der Waals surface area contributed by atoms with E-state index in [1.807, 2.05) is 0 Å². The van der Waals surface area contributed by atoms with Crippen LogP contribution in [0.15, 0.2) is 0 Å². The third kappa shape index (κ3) is 10.9. The Morgan fingerprint density at radius 1 is 1.37 bits per heavy atom. The van der Waals surface area contributed by atoms with Gasteiger partial charge >= 0.3 is 0 Å². The molecule has 1 unspecified atom stereocenters. The maximum absolute atomic E-state index is 11.1. The molecule has 0 aliphatic heterocycles. The van der Waals surface area contributed by atoms with E-state index in [0.29, 0.717) is 6.42 Å². The van der Waals surface area contributed by atoms with Crippen LogP contribution in [0.1, 0.15) is 40.0 Å². The van der Waals surface area contributed by atoms with Crippen molar-refractivity contribution in [2.75, 3.05) is 5.75 Å². The molecule has 0 aromatic rings. The molecule has 0 aliphatic carbocycles. The summed E-state index contributed by atoms with van der Waals surface area (Å²) < 4.78 is 30.2. The number of carbonyl (C=O) groups is 2. The fraction of sp³-hybridized carbons (Fsp3) is 0.818. The van der Waals surface area contributed by atoms with Crippen LogP contribution in [0.5, 0.6) is 0 Å². The Hall–Kier alpha value is -0.660. The molecule has 0 heterocycles. The van der Waals surface area contributed by atoms with Crippen LogP contribution in [0, 0.1) is 5.41 Å². The molecule has 2 N–H and O–H groups in total. The number of carbonyl (C=O) groups excluding carboxylic acids is 2. The van der Waals surface area contributed by atoms with E-state index >= 15 is 0 Å². The first-order chi connectivity index (χ1) is 8.41. The van der Waals surface area contributed by atoms with Crippen LogP contribution in [0.4, 0.5) is 0 Å². The zero-order valence-corrected chi connectivity index (χ0v) is 12.8. The lowest BCUT2D eigenvalue weighted by molar-refractivity contribution is -0.119. The molecule has 0 aromatic heterocycles. The molecule has 0 aromatic carbocycles. The molecule has 1 amide bonds. The van der Waals surface area contributed by atoms with Crippen molar-refractivity contribution in [1.82, 2.24) is 5.32 Å². The van der Waals surface area contributed by atoms with E-state index in [1.54, 1.807) is 13.8 Å². The Bertz CT molecular complexity index is 432. The van der Waals surface area contributed by atoms with Gasteiger partial charge in [-0.1, -0.05) is 13.8 Å². The van der Waals surface area contributed by atoms with Gasteiger partial charge < -0.3 is 5.32 Å². The van der Waals surface area contributed by atoms with Gasteiger partial charge in [0.05, 0.1) is 5.75 Å². The Balaban J connectivity index is 4.66. The second-order valence-electron chi connectivity index (χ2n) is 5.37. The molecule has 0 aliphatic rings. The van der Waals surface area contributed by atoms with Gasteiger partial charge in [0.1, 0.15) is 0 Å². The van der Waals surface area contributed by atoms with E-state index in [9.17, 15) is 18.0 Å². The molecule has 19 heavy (non-hydrogen) atoms. The molecular formula is C11H20ClNO5S. The molecule has 0 fully saturated rings. The van der Waals surface area contributed by atoms with Gasteiger partial charge in [0.25, 0.3) is 10.1 Å². The molecule has 6 nitrogen and oxygen atoms in total. The van der Waals surface area contributed by atoms with E-state index in [4.69, 9.17) is 16.2 Å². The minimum atomic E-state index is -4.08. The highest BCUT2D eigenvalue weighted by atomic mass is 35.5. The number of amides is 1. The molecule has 8 heteroatoms. The van der Waals surface area contributed by atoms with E-state index in [-0.39, 0.29) is 18.7 Å². The maximum atomic E-state index is 11.1. The Kier molecular flexibility index (Phi) is 6.96. The Morgan fingerprint density at radius 3 is 2.26 bits per heavy atom. The maximum Gasteiger partial charge on any atom is 0.264 e. The third-order valence-corrected chi connectivity index (χ3v) is 3.43. The van der Waals surface area contributed by atoms with Gasteiger partial charge in [-0.3, -0.25) is 14.1 Å². The van der Waals surface area contributed by atoms with Gasteiger partial charge in [-0.05, 0) is 29.9 Å². The monoisotopic (exact) mass is 313 g/mol. The van der Waals surface area contributed by atoms with E-state index in [1.165, 1.54) is 6.92 Å². The predicted octanol–water partition coefficient (Wildman–Crippen LogP) is 1.34. The van der Waals surface area contributed by atoms with Crippen LogP contribution in [0.25, 0.3) is 0 Å². The highest BCUT2D eigenvalue weighted by Crippen LogP contribution is 2.28. The van der Waals surface area contributed by atoms with Crippen LogP contribution in [-0.2, 0) is 19.7 Å². The van der Waals surface area contributed by atoms with Crippen LogP contribution < -0.4 is 5.32 Å². The minimum Gasteiger partial charge on any atom is -0.354 e. The molecule has 112 valence electrons. The second-order valence-corrected chi connectivity index (χ2v) is 7.37. The van der Waals surface area contributed by atoms with Crippen molar-refractivity contribution in [3.05, 3.63) is 0 Å². The van der Waals surface area contributed by atoms with Crippen molar-refractivity contribution in [2.45, 2.75) is 46.1 Å². The summed E-state index contributed by atoms with van der Waals surface area (Å²) in [6.45, 7) is 4.92. The summed E-state index contributed by atoms with van der Waals surface area (Å²) in [7, 11) is -4.08. The van der Waals surface area contributed by atoms with Crippen molar-refractivity contribution >= 4 is 32.9 Å². The average molecular weight is 314 g/mol. The normalized spacial score (nSPS) is 13.9. The molecule has 0 bridgehead atoms. The van der Waals surface area contributed by atoms with E-state index in [0.717, 1.165) is 0 Å². The molecule has 0 saturated carbocycles. The summed E-state index contributed by atoms with van der Waals surface area (Å²) >= 11 is 5.34. The molecular weight excluding hydrogens is 294 g/mol. The minimum absolute atomic E-state index is 0.0817. The molecule has 0 rings (SSSR count).